The van der Waals surface area contributed by atoms with E-state index in [1.54, 1.807) is 10.8 Å². The summed E-state index contributed by atoms with van der Waals surface area (Å²) in [5.41, 5.74) is 2.47. The number of anilines is 2. The van der Waals surface area contributed by atoms with E-state index in [4.69, 9.17) is 0 Å². The van der Waals surface area contributed by atoms with Gasteiger partial charge in [0.2, 0.25) is 11.8 Å². The Bertz CT molecular complexity index is 1350. The van der Waals surface area contributed by atoms with Gasteiger partial charge < -0.3 is 19.7 Å². The number of benzene rings is 1. The van der Waals surface area contributed by atoms with Crippen LogP contribution in [0.15, 0.2) is 48.9 Å². The summed E-state index contributed by atoms with van der Waals surface area (Å²) in [6.45, 7) is 7.23. The molecule has 3 aromatic heterocycles. The second kappa shape index (κ2) is 9.73. The summed E-state index contributed by atoms with van der Waals surface area (Å²) >= 11 is 0. The fourth-order valence-corrected chi connectivity index (χ4v) is 4.74. The number of nitrogens with zero attached hydrogens (tertiary/aromatic N) is 7. The van der Waals surface area contributed by atoms with Crippen LogP contribution in [0, 0.1) is 5.92 Å². The van der Waals surface area contributed by atoms with Crippen LogP contribution in [-0.2, 0) is 16.1 Å². The molecule has 182 valence electrons. The largest absolute Gasteiger partial charge is 0.355 e. The van der Waals surface area contributed by atoms with Crippen LogP contribution in [-0.4, -0.2) is 67.3 Å². The number of hydrogen-bond acceptors (Lipinski definition) is 6. The second-order valence-electron chi connectivity index (χ2n) is 8.86. The van der Waals surface area contributed by atoms with E-state index < -0.39 is 0 Å². The van der Waals surface area contributed by atoms with Gasteiger partial charge in [-0.3, -0.25) is 9.59 Å². The Morgan fingerprint density at radius 2 is 1.89 bits per heavy atom. The number of aromatic nitrogens is 5. The summed E-state index contributed by atoms with van der Waals surface area (Å²) in [7, 11) is 0. The van der Waals surface area contributed by atoms with Crippen molar-refractivity contribution in [1.29, 1.82) is 0 Å². The number of nitrogens with one attached hydrogen (secondary N) is 1. The molecule has 0 aliphatic carbocycles. The van der Waals surface area contributed by atoms with Crippen LogP contribution >= 0.6 is 0 Å². The zero-order valence-corrected chi connectivity index (χ0v) is 20.1. The van der Waals surface area contributed by atoms with Crippen molar-refractivity contribution in [2.75, 3.05) is 36.4 Å². The van der Waals surface area contributed by atoms with Gasteiger partial charge in [0, 0.05) is 54.9 Å². The lowest BCUT2D eigenvalue weighted by molar-refractivity contribution is -0.131. The molecule has 0 spiro atoms. The number of piperidine rings is 1. The minimum Gasteiger partial charge on any atom is -0.355 e. The number of hydrogen-bond donors (Lipinski definition) is 1. The van der Waals surface area contributed by atoms with E-state index in [0.717, 1.165) is 48.3 Å². The maximum atomic E-state index is 13.0. The molecule has 35 heavy (non-hydrogen) atoms. The Balaban J connectivity index is 1.19. The van der Waals surface area contributed by atoms with Crippen molar-refractivity contribution in [3.63, 3.8) is 0 Å². The molecule has 1 aliphatic rings. The molecule has 0 radical (unpaired) electrons. The fourth-order valence-electron chi connectivity index (χ4n) is 4.74. The van der Waals surface area contributed by atoms with Gasteiger partial charge in [0.1, 0.15) is 18.7 Å². The number of amides is 2. The van der Waals surface area contributed by atoms with E-state index in [-0.39, 0.29) is 17.7 Å². The van der Waals surface area contributed by atoms with E-state index in [0.29, 0.717) is 25.3 Å². The van der Waals surface area contributed by atoms with Crippen molar-refractivity contribution < 1.29 is 9.59 Å². The molecule has 0 atom stereocenters. The van der Waals surface area contributed by atoms with Crippen LogP contribution < -0.4 is 10.2 Å². The van der Waals surface area contributed by atoms with Crippen LogP contribution in [0.25, 0.3) is 16.6 Å². The Labute approximate surface area is 203 Å². The predicted octanol–water partition coefficient (Wildman–Crippen LogP) is 2.80. The fraction of sp³-hybridized carbons (Fsp3) is 0.400. The van der Waals surface area contributed by atoms with Crippen molar-refractivity contribution in [3.8, 4) is 0 Å². The van der Waals surface area contributed by atoms with Gasteiger partial charge in [-0.2, -0.15) is 4.52 Å². The first-order valence-electron chi connectivity index (χ1n) is 12.1. The molecule has 0 unspecified atom stereocenters. The first kappa shape index (κ1) is 22.8. The van der Waals surface area contributed by atoms with Crippen LogP contribution in [0.1, 0.15) is 26.7 Å². The minimum atomic E-state index is -0.0446. The first-order valence-corrected chi connectivity index (χ1v) is 12.1. The van der Waals surface area contributed by atoms with Gasteiger partial charge in [0.05, 0.1) is 0 Å². The highest BCUT2D eigenvalue weighted by Gasteiger charge is 2.26. The summed E-state index contributed by atoms with van der Waals surface area (Å²) in [6.07, 6.45) is 5.05. The SMILES string of the molecule is CCN(CC)C(=O)Cn1ccc2cc(NC(=O)C3CCN(c4ccc5nncn5n4)CC3)ccc21. The molecule has 0 bridgehead atoms. The van der Waals surface area contributed by atoms with Crippen molar-refractivity contribution in [1.82, 2.24) is 29.3 Å². The van der Waals surface area contributed by atoms with Crippen molar-refractivity contribution in [3.05, 3.63) is 48.9 Å². The van der Waals surface area contributed by atoms with Gasteiger partial charge in [-0.15, -0.1) is 15.3 Å². The average Bonchev–Trinajstić information content (AvgIpc) is 3.51. The number of fused-ring (bicyclic) bond motifs is 2. The molecule has 1 aliphatic heterocycles. The highest BCUT2D eigenvalue weighted by molar-refractivity contribution is 5.95. The highest BCUT2D eigenvalue weighted by atomic mass is 16.2. The van der Waals surface area contributed by atoms with Crippen LogP contribution in [0.3, 0.4) is 0 Å². The number of rotatable bonds is 7. The Hall–Kier alpha value is -3.95. The van der Waals surface area contributed by atoms with Gasteiger partial charge in [-0.1, -0.05) is 0 Å². The van der Waals surface area contributed by atoms with E-state index in [1.165, 1.54) is 0 Å². The summed E-state index contributed by atoms with van der Waals surface area (Å²) in [4.78, 5) is 29.5. The Morgan fingerprint density at radius 1 is 1.09 bits per heavy atom. The first-order chi connectivity index (χ1) is 17.1. The third-order valence-electron chi connectivity index (χ3n) is 6.80. The van der Waals surface area contributed by atoms with Gasteiger partial charge in [-0.25, -0.2) is 0 Å². The highest BCUT2D eigenvalue weighted by Crippen LogP contribution is 2.25. The van der Waals surface area contributed by atoms with E-state index in [9.17, 15) is 9.59 Å². The van der Waals surface area contributed by atoms with Crippen LogP contribution in [0.2, 0.25) is 0 Å². The van der Waals surface area contributed by atoms with Gasteiger partial charge >= 0.3 is 0 Å². The minimum absolute atomic E-state index is 0.0439. The van der Waals surface area contributed by atoms with Crippen LogP contribution in [0.4, 0.5) is 11.5 Å². The van der Waals surface area contributed by atoms with Crippen molar-refractivity contribution in [2.45, 2.75) is 33.2 Å². The third-order valence-corrected chi connectivity index (χ3v) is 6.80. The molecular formula is C25H30N8O2. The normalized spacial score (nSPS) is 14.5. The molecule has 1 aromatic carbocycles. The molecule has 0 saturated carbocycles. The molecule has 1 fully saturated rings. The summed E-state index contributed by atoms with van der Waals surface area (Å²) in [6, 6.07) is 11.7. The maximum Gasteiger partial charge on any atom is 0.242 e. The van der Waals surface area contributed by atoms with Gasteiger partial charge in [0.15, 0.2) is 5.65 Å². The third kappa shape index (κ3) is 4.68. The van der Waals surface area contributed by atoms with Crippen molar-refractivity contribution >= 4 is 39.9 Å². The molecule has 10 nitrogen and oxygen atoms in total. The molecule has 4 aromatic rings. The topological polar surface area (TPSA) is 101 Å². The monoisotopic (exact) mass is 474 g/mol. The zero-order chi connectivity index (χ0) is 24.4. The summed E-state index contributed by atoms with van der Waals surface area (Å²) < 4.78 is 3.62. The second-order valence-corrected chi connectivity index (χ2v) is 8.86. The average molecular weight is 475 g/mol. The smallest absolute Gasteiger partial charge is 0.242 e. The summed E-state index contributed by atoms with van der Waals surface area (Å²) in [5, 5.41) is 16.5. The quantitative estimate of drug-likeness (QED) is 0.442. The molecule has 2 amide bonds. The standard InChI is InChI=1S/C25H30N8O2/c1-3-30(4-2)24(34)16-32-14-11-19-15-20(5-6-21(19)32)27-25(35)18-9-12-31(13-10-18)23-8-7-22-28-26-17-33(22)29-23/h5-8,11,14-15,17-18H,3-4,9-10,12-13,16H2,1-2H3,(H,27,35). The van der Waals surface area contributed by atoms with E-state index >= 15 is 0 Å². The predicted molar refractivity (Wildman–Crippen MR) is 134 cm³/mol. The lowest BCUT2D eigenvalue weighted by Crippen LogP contribution is -2.38. The lowest BCUT2D eigenvalue weighted by atomic mass is 9.95. The number of likely N-dealkylation sites (N-methyl/N-ethyl adjacent to an activating group) is 1. The van der Waals surface area contributed by atoms with Crippen molar-refractivity contribution in [2.24, 2.45) is 5.92 Å². The molecule has 4 heterocycles. The number of carbonyl (C=O) groups excluding carboxylic acids is 2. The molecule has 1 saturated heterocycles. The van der Waals surface area contributed by atoms with E-state index in [2.05, 4.69) is 25.5 Å². The molecule has 1 N–H and O–H groups in total. The molecule has 5 rings (SSSR count). The molecular weight excluding hydrogens is 444 g/mol. The van der Waals surface area contributed by atoms with Gasteiger partial charge in [-0.05, 0) is 63.1 Å². The molecule has 10 heteroatoms. The Kier molecular flexibility index (Phi) is 6.35. The van der Waals surface area contributed by atoms with E-state index in [1.807, 2.05) is 65.9 Å². The number of carbonyl (C=O) groups is 2. The van der Waals surface area contributed by atoms with Gasteiger partial charge in [0.25, 0.3) is 0 Å². The Morgan fingerprint density at radius 3 is 2.66 bits per heavy atom. The lowest BCUT2D eigenvalue weighted by Gasteiger charge is -2.32. The van der Waals surface area contributed by atoms with Crippen LogP contribution in [0.5, 0.6) is 0 Å². The zero-order valence-electron chi connectivity index (χ0n) is 20.1. The summed E-state index contributed by atoms with van der Waals surface area (Å²) in [5.74, 6) is 0.970. The maximum absolute atomic E-state index is 13.0.